The van der Waals surface area contributed by atoms with Crippen molar-refractivity contribution in [2.75, 3.05) is 32.8 Å². The summed E-state index contributed by atoms with van der Waals surface area (Å²) in [4.78, 5) is 15.8. The molecule has 1 heterocycles. The van der Waals surface area contributed by atoms with Crippen molar-refractivity contribution in [1.29, 1.82) is 0 Å². The first-order valence-electron chi connectivity index (χ1n) is 7.18. The van der Waals surface area contributed by atoms with Gasteiger partial charge in [-0.1, -0.05) is 29.3 Å². The summed E-state index contributed by atoms with van der Waals surface area (Å²) in [5.74, 6) is 0. The van der Waals surface area contributed by atoms with E-state index in [0.717, 1.165) is 38.2 Å². The smallest absolute Gasteiger partial charge is 0.409 e. The fourth-order valence-electron chi connectivity index (χ4n) is 2.42. The van der Waals surface area contributed by atoms with E-state index >= 15 is 0 Å². The summed E-state index contributed by atoms with van der Waals surface area (Å²) < 4.78 is 5.06. The molecule has 21 heavy (non-hydrogen) atoms. The SMILES string of the molecule is CCOC(=O)N1CCCN(Cc2ccc(Cl)cc2Cl)CC1. The minimum Gasteiger partial charge on any atom is -0.450 e. The minimum atomic E-state index is -0.219. The van der Waals surface area contributed by atoms with Gasteiger partial charge in [0.2, 0.25) is 0 Å². The van der Waals surface area contributed by atoms with E-state index in [1.54, 1.807) is 11.0 Å². The molecule has 2 rings (SSSR count). The summed E-state index contributed by atoms with van der Waals surface area (Å²) in [6.07, 6.45) is 0.716. The van der Waals surface area contributed by atoms with Crippen molar-refractivity contribution >= 4 is 29.3 Å². The van der Waals surface area contributed by atoms with Gasteiger partial charge in [-0.3, -0.25) is 4.90 Å². The molecule has 0 radical (unpaired) electrons. The number of halogens is 2. The molecule has 6 heteroatoms. The van der Waals surface area contributed by atoms with E-state index in [9.17, 15) is 4.79 Å². The third kappa shape index (κ3) is 4.77. The predicted octanol–water partition coefficient (Wildman–Crippen LogP) is 3.66. The standard InChI is InChI=1S/C15H20Cl2N2O2/c1-2-21-15(20)19-7-3-6-18(8-9-19)11-12-4-5-13(16)10-14(12)17/h4-5,10H,2-3,6-9,11H2,1H3. The number of amides is 1. The van der Waals surface area contributed by atoms with Crippen LogP contribution in [0.5, 0.6) is 0 Å². The quantitative estimate of drug-likeness (QED) is 0.847. The molecule has 1 fully saturated rings. The molecule has 0 spiro atoms. The van der Waals surface area contributed by atoms with Gasteiger partial charge in [0.15, 0.2) is 0 Å². The Morgan fingerprint density at radius 2 is 2.05 bits per heavy atom. The third-order valence-electron chi connectivity index (χ3n) is 3.52. The lowest BCUT2D eigenvalue weighted by Crippen LogP contribution is -2.35. The van der Waals surface area contributed by atoms with Crippen molar-refractivity contribution in [3.05, 3.63) is 33.8 Å². The topological polar surface area (TPSA) is 32.8 Å². The van der Waals surface area contributed by atoms with E-state index in [1.165, 1.54) is 0 Å². The zero-order valence-corrected chi connectivity index (χ0v) is 13.7. The van der Waals surface area contributed by atoms with E-state index in [-0.39, 0.29) is 6.09 Å². The number of ether oxygens (including phenoxy) is 1. The van der Waals surface area contributed by atoms with Crippen molar-refractivity contribution in [2.24, 2.45) is 0 Å². The molecule has 4 nitrogen and oxygen atoms in total. The highest BCUT2D eigenvalue weighted by Crippen LogP contribution is 2.22. The molecule has 0 unspecified atom stereocenters. The Bertz CT molecular complexity index is 497. The molecule has 1 aromatic rings. The lowest BCUT2D eigenvalue weighted by molar-refractivity contribution is 0.108. The number of carbonyl (C=O) groups excluding carboxylic acids is 1. The first kappa shape index (κ1) is 16.4. The minimum absolute atomic E-state index is 0.219. The summed E-state index contributed by atoms with van der Waals surface area (Å²) in [6.45, 7) is 6.19. The number of hydrogen-bond acceptors (Lipinski definition) is 3. The van der Waals surface area contributed by atoms with Gasteiger partial charge >= 0.3 is 6.09 Å². The van der Waals surface area contributed by atoms with Crippen LogP contribution in [-0.2, 0) is 11.3 Å². The van der Waals surface area contributed by atoms with Crippen LogP contribution in [0.2, 0.25) is 10.0 Å². The Morgan fingerprint density at radius 3 is 2.76 bits per heavy atom. The predicted molar refractivity (Wildman–Crippen MR) is 85.0 cm³/mol. The highest BCUT2D eigenvalue weighted by Gasteiger charge is 2.20. The zero-order chi connectivity index (χ0) is 15.2. The number of hydrogen-bond donors (Lipinski definition) is 0. The summed E-state index contributed by atoms with van der Waals surface area (Å²) in [6, 6.07) is 5.57. The van der Waals surface area contributed by atoms with Gasteiger partial charge in [0.05, 0.1) is 6.61 Å². The number of rotatable bonds is 3. The molecular formula is C15H20Cl2N2O2. The van der Waals surface area contributed by atoms with Crippen LogP contribution in [0.3, 0.4) is 0 Å². The Labute approximate surface area is 135 Å². The molecule has 0 aliphatic carbocycles. The molecule has 0 aromatic heterocycles. The fourth-order valence-corrected chi connectivity index (χ4v) is 2.89. The second kappa shape index (κ2) is 7.87. The summed E-state index contributed by atoms with van der Waals surface area (Å²) >= 11 is 12.1. The second-order valence-electron chi connectivity index (χ2n) is 5.05. The van der Waals surface area contributed by atoms with Crippen molar-refractivity contribution in [2.45, 2.75) is 19.9 Å². The largest absolute Gasteiger partial charge is 0.450 e. The molecule has 116 valence electrons. The van der Waals surface area contributed by atoms with Gasteiger partial charge in [-0.25, -0.2) is 4.79 Å². The van der Waals surface area contributed by atoms with Crippen LogP contribution in [0.25, 0.3) is 0 Å². The Morgan fingerprint density at radius 1 is 1.24 bits per heavy atom. The summed E-state index contributed by atoms with van der Waals surface area (Å²) in [5.41, 5.74) is 1.06. The average molecular weight is 331 g/mol. The van der Waals surface area contributed by atoms with Crippen LogP contribution in [0.4, 0.5) is 4.79 Å². The molecule has 1 aromatic carbocycles. The molecule has 1 saturated heterocycles. The fraction of sp³-hybridized carbons (Fsp3) is 0.533. The van der Waals surface area contributed by atoms with Crippen molar-refractivity contribution in [1.82, 2.24) is 9.80 Å². The summed E-state index contributed by atoms with van der Waals surface area (Å²) in [5, 5.41) is 1.34. The molecule has 0 saturated carbocycles. The van der Waals surface area contributed by atoms with Crippen LogP contribution in [0, 0.1) is 0 Å². The van der Waals surface area contributed by atoms with Gasteiger partial charge in [0.1, 0.15) is 0 Å². The molecule has 1 aliphatic heterocycles. The molecule has 0 atom stereocenters. The van der Waals surface area contributed by atoms with E-state index in [4.69, 9.17) is 27.9 Å². The van der Waals surface area contributed by atoms with Crippen molar-refractivity contribution < 1.29 is 9.53 Å². The first-order valence-corrected chi connectivity index (χ1v) is 7.93. The van der Waals surface area contributed by atoms with E-state index < -0.39 is 0 Å². The van der Waals surface area contributed by atoms with E-state index in [0.29, 0.717) is 23.2 Å². The van der Waals surface area contributed by atoms with Crippen LogP contribution < -0.4 is 0 Å². The maximum absolute atomic E-state index is 11.8. The normalized spacial score (nSPS) is 16.6. The highest BCUT2D eigenvalue weighted by atomic mass is 35.5. The van der Waals surface area contributed by atoms with Crippen LogP contribution in [0.15, 0.2) is 18.2 Å². The Balaban J connectivity index is 1.92. The lowest BCUT2D eigenvalue weighted by Gasteiger charge is -2.22. The average Bonchev–Trinajstić information content (AvgIpc) is 2.68. The first-order chi connectivity index (χ1) is 10.1. The van der Waals surface area contributed by atoms with Crippen LogP contribution in [0.1, 0.15) is 18.9 Å². The monoisotopic (exact) mass is 330 g/mol. The molecule has 1 amide bonds. The molecular weight excluding hydrogens is 311 g/mol. The second-order valence-corrected chi connectivity index (χ2v) is 5.90. The molecule has 0 bridgehead atoms. The third-order valence-corrected chi connectivity index (χ3v) is 4.11. The maximum atomic E-state index is 11.8. The molecule has 0 N–H and O–H groups in total. The van der Waals surface area contributed by atoms with Gasteiger partial charge in [-0.2, -0.15) is 0 Å². The Kier molecular flexibility index (Phi) is 6.15. The van der Waals surface area contributed by atoms with E-state index in [1.807, 2.05) is 19.1 Å². The van der Waals surface area contributed by atoms with E-state index in [2.05, 4.69) is 4.90 Å². The highest BCUT2D eigenvalue weighted by molar-refractivity contribution is 6.35. The van der Waals surface area contributed by atoms with Crippen LogP contribution in [-0.4, -0.2) is 48.7 Å². The number of benzene rings is 1. The van der Waals surface area contributed by atoms with Gasteiger partial charge in [-0.05, 0) is 31.0 Å². The van der Waals surface area contributed by atoms with Crippen molar-refractivity contribution in [3.8, 4) is 0 Å². The Hall–Kier alpha value is -0.970. The maximum Gasteiger partial charge on any atom is 0.409 e. The van der Waals surface area contributed by atoms with Gasteiger partial charge < -0.3 is 9.64 Å². The number of carbonyl (C=O) groups is 1. The van der Waals surface area contributed by atoms with Crippen LogP contribution >= 0.6 is 23.2 Å². The van der Waals surface area contributed by atoms with Gasteiger partial charge in [0.25, 0.3) is 0 Å². The summed E-state index contributed by atoms with van der Waals surface area (Å²) in [7, 11) is 0. The number of nitrogens with zero attached hydrogens (tertiary/aromatic N) is 2. The van der Waals surface area contributed by atoms with Gasteiger partial charge in [0, 0.05) is 42.8 Å². The zero-order valence-electron chi connectivity index (χ0n) is 12.1. The van der Waals surface area contributed by atoms with Crippen molar-refractivity contribution in [3.63, 3.8) is 0 Å². The lowest BCUT2D eigenvalue weighted by atomic mass is 10.2. The molecule has 1 aliphatic rings. The van der Waals surface area contributed by atoms with Gasteiger partial charge in [-0.15, -0.1) is 0 Å².